The molecule has 1 aliphatic carbocycles. The maximum Gasteiger partial charge on any atom is 0.222 e. The summed E-state index contributed by atoms with van der Waals surface area (Å²) in [5, 5.41) is 6.89. The van der Waals surface area contributed by atoms with Crippen molar-refractivity contribution in [2.45, 2.75) is 32.2 Å². The van der Waals surface area contributed by atoms with Crippen LogP contribution in [0.25, 0.3) is 11.1 Å². The smallest absolute Gasteiger partial charge is 0.222 e. The number of carbonyl (C=O) groups excluding carboxylic acids is 1. The van der Waals surface area contributed by atoms with Crippen molar-refractivity contribution in [1.82, 2.24) is 19.7 Å². The van der Waals surface area contributed by atoms with Gasteiger partial charge in [0, 0.05) is 41.1 Å². The van der Waals surface area contributed by atoms with Crippen molar-refractivity contribution in [3.8, 4) is 11.1 Å². The molecule has 6 nitrogen and oxygen atoms in total. The quantitative estimate of drug-likeness (QED) is 0.604. The Labute approximate surface area is 170 Å². The fraction of sp³-hybridized carbons (Fsp3) is 0.300. The molecule has 1 unspecified atom stereocenters. The van der Waals surface area contributed by atoms with Crippen molar-refractivity contribution in [3.63, 3.8) is 0 Å². The molecule has 4 rings (SSSR count). The number of pyridine rings is 2. The number of halogens is 2. The van der Waals surface area contributed by atoms with Crippen LogP contribution < -0.4 is 5.32 Å². The van der Waals surface area contributed by atoms with Gasteiger partial charge in [0.15, 0.2) is 11.6 Å². The summed E-state index contributed by atoms with van der Waals surface area (Å²) in [4.78, 5) is 19.7. The fourth-order valence-corrected chi connectivity index (χ4v) is 3.36. The third kappa shape index (κ3) is 4.27. The number of hydrogen-bond acceptors (Lipinski definition) is 4. The van der Waals surface area contributed by atoms with Gasteiger partial charge in [-0.2, -0.15) is 5.10 Å². The lowest BCUT2D eigenvalue weighted by Crippen LogP contribution is -2.13. The Morgan fingerprint density at radius 1 is 1.29 bits per heavy atom. The van der Waals surface area contributed by atoms with E-state index >= 15 is 0 Å². The zero-order valence-corrected chi connectivity index (χ0v) is 16.9. The summed E-state index contributed by atoms with van der Waals surface area (Å²) in [6, 6.07) is 5.37. The van der Waals surface area contributed by atoms with E-state index in [-0.39, 0.29) is 17.8 Å². The van der Waals surface area contributed by atoms with E-state index < -0.39 is 5.82 Å². The van der Waals surface area contributed by atoms with Crippen LogP contribution in [0.3, 0.4) is 0 Å². The molecule has 1 saturated carbocycles. The summed E-state index contributed by atoms with van der Waals surface area (Å²) < 4.78 is 17.1. The monoisotopic (exact) mass is 443 g/mol. The van der Waals surface area contributed by atoms with E-state index in [9.17, 15) is 9.18 Å². The maximum absolute atomic E-state index is 14.2. The third-order valence-corrected chi connectivity index (χ3v) is 5.20. The van der Waals surface area contributed by atoms with Gasteiger partial charge >= 0.3 is 0 Å². The molecule has 1 atom stereocenters. The summed E-state index contributed by atoms with van der Waals surface area (Å²) in [6.45, 7) is 1.31. The molecule has 0 radical (unpaired) electrons. The first-order valence-corrected chi connectivity index (χ1v) is 9.88. The van der Waals surface area contributed by atoms with E-state index in [2.05, 4.69) is 36.3 Å². The normalized spacial score (nSPS) is 14.7. The van der Waals surface area contributed by atoms with Crippen molar-refractivity contribution < 1.29 is 9.18 Å². The van der Waals surface area contributed by atoms with Crippen molar-refractivity contribution >= 4 is 27.7 Å². The molecule has 1 amide bonds. The van der Waals surface area contributed by atoms with E-state index in [1.54, 1.807) is 12.4 Å². The predicted molar refractivity (Wildman–Crippen MR) is 107 cm³/mol. The molecule has 0 aromatic carbocycles. The van der Waals surface area contributed by atoms with Crippen LogP contribution in [-0.4, -0.2) is 25.7 Å². The Balaban J connectivity index is 1.62. The number of amides is 1. The summed E-state index contributed by atoms with van der Waals surface area (Å²) >= 11 is 3.42. The number of nitrogens with zero attached hydrogens (tertiary/aromatic N) is 4. The van der Waals surface area contributed by atoms with E-state index in [1.165, 1.54) is 32.0 Å². The van der Waals surface area contributed by atoms with Crippen molar-refractivity contribution in [2.75, 3.05) is 5.32 Å². The van der Waals surface area contributed by atoms with Crippen LogP contribution in [0.2, 0.25) is 0 Å². The topological polar surface area (TPSA) is 72.7 Å². The first-order valence-electron chi connectivity index (χ1n) is 9.08. The number of hydrogen-bond donors (Lipinski definition) is 1. The first kappa shape index (κ1) is 18.7. The van der Waals surface area contributed by atoms with Crippen molar-refractivity contribution in [1.29, 1.82) is 0 Å². The summed E-state index contributed by atoms with van der Waals surface area (Å²) in [6.07, 6.45) is 10.4. The number of carbonyl (C=O) groups is 1. The summed E-state index contributed by atoms with van der Waals surface area (Å²) in [7, 11) is 0. The lowest BCUT2D eigenvalue weighted by molar-refractivity contribution is -0.114. The van der Waals surface area contributed by atoms with Crippen LogP contribution in [0.5, 0.6) is 0 Å². The maximum atomic E-state index is 14.2. The zero-order valence-electron chi connectivity index (χ0n) is 15.3. The Morgan fingerprint density at radius 2 is 2.11 bits per heavy atom. The van der Waals surface area contributed by atoms with Crippen LogP contribution in [0.15, 0.2) is 47.5 Å². The minimum atomic E-state index is -0.579. The molecule has 3 aromatic rings. The molecule has 3 heterocycles. The molecule has 0 spiro atoms. The summed E-state index contributed by atoms with van der Waals surface area (Å²) in [5.74, 6) is -0.324. The number of anilines is 1. The van der Waals surface area contributed by atoms with Gasteiger partial charge in [-0.15, -0.1) is 0 Å². The Bertz CT molecular complexity index is 1000. The van der Waals surface area contributed by atoms with E-state index in [0.717, 1.165) is 22.2 Å². The van der Waals surface area contributed by atoms with Gasteiger partial charge in [-0.05, 0) is 46.5 Å². The van der Waals surface area contributed by atoms with Gasteiger partial charge in [-0.3, -0.25) is 14.5 Å². The van der Waals surface area contributed by atoms with Crippen LogP contribution in [0.4, 0.5) is 10.2 Å². The molecule has 0 bridgehead atoms. The van der Waals surface area contributed by atoms with Crippen LogP contribution in [0.1, 0.15) is 37.9 Å². The van der Waals surface area contributed by atoms with Crippen LogP contribution in [-0.2, 0) is 4.79 Å². The molecular formula is C20H19BrFN5O. The minimum absolute atomic E-state index is 0.0332. The van der Waals surface area contributed by atoms with Crippen LogP contribution >= 0.6 is 15.9 Å². The first-order chi connectivity index (χ1) is 13.5. The molecule has 8 heteroatoms. The number of rotatable bonds is 6. The Hall–Kier alpha value is -2.61. The van der Waals surface area contributed by atoms with Gasteiger partial charge in [-0.1, -0.05) is 12.8 Å². The second-order valence-electron chi connectivity index (χ2n) is 7.04. The van der Waals surface area contributed by atoms with E-state index in [1.807, 2.05) is 23.0 Å². The highest BCUT2D eigenvalue weighted by atomic mass is 79.9. The minimum Gasteiger partial charge on any atom is -0.308 e. The fourth-order valence-electron chi connectivity index (χ4n) is 3.13. The lowest BCUT2D eigenvalue weighted by Gasteiger charge is -2.17. The highest BCUT2D eigenvalue weighted by molar-refractivity contribution is 9.10. The average Bonchev–Trinajstić information content (AvgIpc) is 3.36. The Morgan fingerprint density at radius 3 is 2.75 bits per heavy atom. The third-order valence-electron chi connectivity index (χ3n) is 4.73. The number of aromatic nitrogens is 4. The molecule has 0 saturated heterocycles. The van der Waals surface area contributed by atoms with Crippen molar-refractivity contribution in [2.24, 2.45) is 5.92 Å². The van der Waals surface area contributed by atoms with Gasteiger partial charge < -0.3 is 5.32 Å². The molecule has 1 aliphatic rings. The second kappa shape index (κ2) is 7.79. The van der Waals surface area contributed by atoms with Gasteiger partial charge in [0.05, 0.1) is 17.9 Å². The van der Waals surface area contributed by atoms with Crippen LogP contribution in [0, 0.1) is 11.7 Å². The second-order valence-corrected chi connectivity index (χ2v) is 7.96. The zero-order chi connectivity index (χ0) is 19.7. The molecule has 0 aliphatic heterocycles. The largest absolute Gasteiger partial charge is 0.308 e. The van der Waals surface area contributed by atoms with Gasteiger partial charge in [0.25, 0.3) is 0 Å². The van der Waals surface area contributed by atoms with Gasteiger partial charge in [0.1, 0.15) is 0 Å². The molecule has 144 valence electrons. The standard InChI is InChI=1S/C20H19BrFN5O/c1-12(28)26-20-17(22)7-14(8-24-20)15-9-25-27(11-15)19(6-13-2-3-13)18-5-4-16(21)10-23-18/h4-5,7-11,13,19H,2-3,6H2,1H3,(H,24,26,28). The highest BCUT2D eigenvalue weighted by Gasteiger charge is 2.28. The van der Waals surface area contributed by atoms with Gasteiger partial charge in [-0.25, -0.2) is 9.37 Å². The molecule has 1 fully saturated rings. The summed E-state index contributed by atoms with van der Waals surface area (Å²) in [5.41, 5.74) is 2.32. The SMILES string of the molecule is CC(=O)Nc1ncc(-c2cnn(C(CC3CC3)c3ccc(Br)cn3)c2)cc1F. The van der Waals surface area contributed by atoms with Crippen molar-refractivity contribution in [3.05, 3.63) is 59.0 Å². The molecule has 1 N–H and O–H groups in total. The average molecular weight is 444 g/mol. The Kier molecular flexibility index (Phi) is 5.21. The highest BCUT2D eigenvalue weighted by Crippen LogP contribution is 2.39. The van der Waals surface area contributed by atoms with E-state index in [4.69, 9.17) is 0 Å². The molecule has 3 aromatic heterocycles. The van der Waals surface area contributed by atoms with E-state index in [0.29, 0.717) is 11.5 Å². The number of nitrogens with one attached hydrogen (secondary N) is 1. The van der Waals surface area contributed by atoms with Gasteiger partial charge in [0.2, 0.25) is 5.91 Å². The molecule has 28 heavy (non-hydrogen) atoms. The molecular weight excluding hydrogens is 425 g/mol. The predicted octanol–water partition coefficient (Wildman–Crippen LogP) is 4.59. The lowest BCUT2D eigenvalue weighted by atomic mass is 10.1.